The number of hydrogen-bond acceptors (Lipinski definition) is 3. The molecule has 0 bridgehead atoms. The number of nitrogens with zero attached hydrogens (tertiary/aromatic N) is 1. The van der Waals surface area contributed by atoms with Crippen LogP contribution >= 0.6 is 0 Å². The third-order valence-corrected chi connectivity index (χ3v) is 3.15. The second-order valence-corrected chi connectivity index (χ2v) is 4.24. The van der Waals surface area contributed by atoms with Gasteiger partial charge in [-0.05, 0) is 24.1 Å². The third-order valence-electron chi connectivity index (χ3n) is 3.15. The molecule has 1 atom stereocenters. The molecular formula is C13H17NO3. The number of likely N-dealkylation sites (tertiary alicyclic amines) is 1. The summed E-state index contributed by atoms with van der Waals surface area (Å²) in [6.45, 7) is 0.755. The van der Waals surface area contributed by atoms with Gasteiger partial charge in [0.15, 0.2) is 0 Å². The van der Waals surface area contributed by atoms with Gasteiger partial charge < -0.3 is 14.7 Å². The molecule has 17 heavy (non-hydrogen) atoms. The van der Waals surface area contributed by atoms with Crippen molar-refractivity contribution in [3.05, 3.63) is 29.8 Å². The number of carbonyl (C=O) groups excluding carboxylic acids is 1. The summed E-state index contributed by atoms with van der Waals surface area (Å²) in [5, 5.41) is 8.89. The van der Waals surface area contributed by atoms with Crippen molar-refractivity contribution in [1.82, 2.24) is 4.90 Å². The Balaban J connectivity index is 1.97. The van der Waals surface area contributed by atoms with Gasteiger partial charge in [0, 0.05) is 25.6 Å². The van der Waals surface area contributed by atoms with Crippen molar-refractivity contribution in [2.75, 3.05) is 13.7 Å². The van der Waals surface area contributed by atoms with Crippen molar-refractivity contribution >= 4 is 5.91 Å². The lowest BCUT2D eigenvalue weighted by Gasteiger charge is -2.40. The van der Waals surface area contributed by atoms with Crippen molar-refractivity contribution in [2.45, 2.75) is 25.4 Å². The Labute approximate surface area is 101 Å². The maximum atomic E-state index is 11.5. The zero-order valence-electron chi connectivity index (χ0n) is 9.93. The Morgan fingerprint density at radius 3 is 2.65 bits per heavy atom. The average molecular weight is 235 g/mol. The van der Waals surface area contributed by atoms with E-state index in [0.29, 0.717) is 19.4 Å². The number of rotatable bonds is 5. The smallest absolute Gasteiger partial charge is 0.225 e. The van der Waals surface area contributed by atoms with Crippen LogP contribution in [0, 0.1) is 0 Å². The molecule has 0 radical (unpaired) electrons. The molecule has 1 unspecified atom stereocenters. The number of methoxy groups -OCH3 is 1. The molecule has 0 aliphatic carbocycles. The minimum absolute atomic E-state index is 0.136. The van der Waals surface area contributed by atoms with Gasteiger partial charge in [-0.25, -0.2) is 0 Å². The molecule has 1 N–H and O–H groups in total. The quantitative estimate of drug-likeness (QED) is 0.780. The van der Waals surface area contributed by atoms with E-state index in [9.17, 15) is 4.79 Å². The van der Waals surface area contributed by atoms with E-state index in [1.165, 1.54) is 0 Å². The molecule has 0 spiro atoms. The second-order valence-electron chi connectivity index (χ2n) is 4.24. The number of carbonyl (C=O) groups is 1. The average Bonchev–Trinajstić information content (AvgIpc) is 2.36. The summed E-state index contributed by atoms with van der Waals surface area (Å²) in [5.41, 5.74) is 1.08. The highest BCUT2D eigenvalue weighted by atomic mass is 16.5. The van der Waals surface area contributed by atoms with Gasteiger partial charge in [0.25, 0.3) is 0 Å². The fraction of sp³-hybridized carbons (Fsp3) is 0.462. The van der Waals surface area contributed by atoms with Gasteiger partial charge in [-0.15, -0.1) is 0 Å². The molecule has 4 heteroatoms. The van der Waals surface area contributed by atoms with Gasteiger partial charge in [0.2, 0.25) is 5.91 Å². The van der Waals surface area contributed by atoms with Crippen LogP contribution in [-0.4, -0.2) is 35.7 Å². The monoisotopic (exact) mass is 235 g/mol. The van der Waals surface area contributed by atoms with E-state index in [-0.39, 0.29) is 18.6 Å². The largest absolute Gasteiger partial charge is 0.497 e. The van der Waals surface area contributed by atoms with Gasteiger partial charge in [-0.1, -0.05) is 12.1 Å². The standard InChI is InChI=1S/C13H17NO3/c1-17-12-4-2-10(3-5-12)9-14-11(6-7-15)8-13(14)16/h2-5,11,15H,6-9H2,1H3. The zero-order chi connectivity index (χ0) is 12.3. The van der Waals surface area contributed by atoms with Gasteiger partial charge in [0.1, 0.15) is 5.75 Å². The Kier molecular flexibility index (Phi) is 3.64. The summed E-state index contributed by atoms with van der Waals surface area (Å²) in [5.74, 6) is 0.981. The molecule has 92 valence electrons. The van der Waals surface area contributed by atoms with Gasteiger partial charge >= 0.3 is 0 Å². The SMILES string of the molecule is COc1ccc(CN2C(=O)CC2CCO)cc1. The number of β-lactam (4-membered cyclic amide) rings is 1. The van der Waals surface area contributed by atoms with Crippen LogP contribution in [0.2, 0.25) is 0 Å². The van der Waals surface area contributed by atoms with Crippen LogP contribution in [0.3, 0.4) is 0 Å². The van der Waals surface area contributed by atoms with E-state index in [4.69, 9.17) is 9.84 Å². The van der Waals surface area contributed by atoms with Gasteiger partial charge in [0.05, 0.1) is 7.11 Å². The first kappa shape index (κ1) is 11.9. The van der Waals surface area contributed by atoms with E-state index in [1.54, 1.807) is 7.11 Å². The first-order valence-corrected chi connectivity index (χ1v) is 5.78. The van der Waals surface area contributed by atoms with Crippen LogP contribution in [0.1, 0.15) is 18.4 Å². The number of hydrogen-bond donors (Lipinski definition) is 1. The van der Waals surface area contributed by atoms with Crippen molar-refractivity contribution in [2.24, 2.45) is 0 Å². The highest BCUT2D eigenvalue weighted by molar-refractivity contribution is 5.83. The Morgan fingerprint density at radius 1 is 1.41 bits per heavy atom. The van der Waals surface area contributed by atoms with Crippen LogP contribution < -0.4 is 4.74 Å². The first-order chi connectivity index (χ1) is 8.24. The number of aliphatic hydroxyl groups excluding tert-OH is 1. The highest BCUT2D eigenvalue weighted by Gasteiger charge is 2.34. The van der Waals surface area contributed by atoms with Crippen LogP contribution in [0.4, 0.5) is 0 Å². The molecule has 1 fully saturated rings. The summed E-state index contributed by atoms with van der Waals surface area (Å²) < 4.78 is 5.08. The summed E-state index contributed by atoms with van der Waals surface area (Å²) >= 11 is 0. The number of aliphatic hydroxyl groups is 1. The Morgan fingerprint density at radius 2 is 2.12 bits per heavy atom. The molecule has 1 saturated heterocycles. The summed E-state index contributed by atoms with van der Waals surface area (Å²) in [7, 11) is 1.63. The lowest BCUT2D eigenvalue weighted by atomic mass is 9.98. The van der Waals surface area contributed by atoms with E-state index in [0.717, 1.165) is 11.3 Å². The molecule has 4 nitrogen and oxygen atoms in total. The maximum Gasteiger partial charge on any atom is 0.225 e. The van der Waals surface area contributed by atoms with E-state index in [1.807, 2.05) is 29.2 Å². The number of benzene rings is 1. The van der Waals surface area contributed by atoms with Crippen LogP contribution in [0.15, 0.2) is 24.3 Å². The zero-order valence-corrected chi connectivity index (χ0v) is 9.93. The predicted octanol–water partition coefficient (Wildman–Crippen LogP) is 1.18. The minimum Gasteiger partial charge on any atom is -0.497 e. The van der Waals surface area contributed by atoms with Crippen molar-refractivity contribution in [3.63, 3.8) is 0 Å². The molecule has 2 rings (SSSR count). The third kappa shape index (κ3) is 2.58. The van der Waals surface area contributed by atoms with E-state index < -0.39 is 0 Å². The minimum atomic E-state index is 0.136. The predicted molar refractivity (Wildman–Crippen MR) is 63.7 cm³/mol. The fourth-order valence-corrected chi connectivity index (χ4v) is 2.07. The van der Waals surface area contributed by atoms with Crippen molar-refractivity contribution in [1.29, 1.82) is 0 Å². The lowest BCUT2D eigenvalue weighted by Crippen LogP contribution is -2.52. The van der Waals surface area contributed by atoms with Crippen LogP contribution in [-0.2, 0) is 11.3 Å². The molecule has 1 aromatic carbocycles. The first-order valence-electron chi connectivity index (χ1n) is 5.78. The van der Waals surface area contributed by atoms with Crippen LogP contribution in [0.25, 0.3) is 0 Å². The molecule has 0 saturated carbocycles. The molecular weight excluding hydrogens is 218 g/mol. The maximum absolute atomic E-state index is 11.5. The number of ether oxygens (including phenoxy) is 1. The summed E-state index contributed by atoms with van der Waals surface area (Å²) in [6, 6.07) is 7.90. The van der Waals surface area contributed by atoms with E-state index >= 15 is 0 Å². The van der Waals surface area contributed by atoms with E-state index in [2.05, 4.69) is 0 Å². The van der Waals surface area contributed by atoms with Gasteiger partial charge in [-0.2, -0.15) is 0 Å². The Hall–Kier alpha value is -1.55. The molecule has 0 aromatic heterocycles. The van der Waals surface area contributed by atoms with Crippen molar-refractivity contribution < 1.29 is 14.6 Å². The summed E-state index contributed by atoms with van der Waals surface area (Å²) in [6.07, 6.45) is 1.23. The lowest BCUT2D eigenvalue weighted by molar-refractivity contribution is -0.147. The van der Waals surface area contributed by atoms with Crippen molar-refractivity contribution in [3.8, 4) is 5.75 Å². The Bertz CT molecular complexity index is 388. The fourth-order valence-electron chi connectivity index (χ4n) is 2.07. The molecule has 1 aromatic rings. The molecule has 1 aliphatic rings. The number of amides is 1. The second kappa shape index (κ2) is 5.19. The normalized spacial score (nSPS) is 19.1. The topological polar surface area (TPSA) is 49.8 Å². The highest BCUT2D eigenvalue weighted by Crippen LogP contribution is 2.25. The summed E-state index contributed by atoms with van der Waals surface area (Å²) in [4.78, 5) is 13.3. The molecule has 1 heterocycles. The van der Waals surface area contributed by atoms with Crippen LogP contribution in [0.5, 0.6) is 5.75 Å². The molecule has 1 amide bonds. The molecule has 1 aliphatic heterocycles. The van der Waals surface area contributed by atoms with Gasteiger partial charge in [-0.3, -0.25) is 4.79 Å².